The van der Waals surface area contributed by atoms with Gasteiger partial charge in [0.25, 0.3) is 0 Å². The molecule has 1 rings (SSSR count). The van der Waals surface area contributed by atoms with E-state index in [0.717, 1.165) is 0 Å². The third kappa shape index (κ3) is 2.34. The van der Waals surface area contributed by atoms with Crippen molar-refractivity contribution in [3.8, 4) is 0 Å². The quantitative estimate of drug-likeness (QED) is 0.622. The highest BCUT2D eigenvalue weighted by Gasteiger charge is 2.10. The molecule has 0 saturated heterocycles. The van der Waals surface area contributed by atoms with Gasteiger partial charge in [0.05, 0.1) is 0 Å². The van der Waals surface area contributed by atoms with Crippen LogP contribution in [-0.4, -0.2) is 0 Å². The Hall–Kier alpha value is -1.25. The number of allylic oxidation sites excluding steroid dienone is 1. The predicted molar refractivity (Wildman–Crippen MR) is 44.8 cm³/mol. The highest BCUT2D eigenvalue weighted by molar-refractivity contribution is 5.24. The zero-order chi connectivity index (χ0) is 10.0. The average molecular weight is 186 g/mol. The maximum atomic E-state index is 13.0. The molecule has 3 heteroatoms. The van der Waals surface area contributed by atoms with Crippen LogP contribution in [0.15, 0.2) is 24.3 Å². The topological polar surface area (TPSA) is 0 Å². The Morgan fingerprint density at radius 2 is 1.69 bits per heavy atom. The third-order valence-corrected chi connectivity index (χ3v) is 1.58. The summed E-state index contributed by atoms with van der Waals surface area (Å²) in [6.45, 7) is 5.18. The molecular formula is C10H9F3. The van der Waals surface area contributed by atoms with E-state index in [9.17, 15) is 13.2 Å². The molecule has 1 aromatic carbocycles. The van der Waals surface area contributed by atoms with Gasteiger partial charge in [-0.05, 0) is 13.3 Å². The van der Waals surface area contributed by atoms with Gasteiger partial charge in [-0.3, -0.25) is 0 Å². The van der Waals surface area contributed by atoms with E-state index in [1.165, 1.54) is 0 Å². The van der Waals surface area contributed by atoms with Crippen LogP contribution in [0.3, 0.4) is 0 Å². The predicted octanol–water partition coefficient (Wildman–Crippen LogP) is 3.22. The fourth-order valence-corrected chi connectivity index (χ4v) is 1.04. The van der Waals surface area contributed by atoms with Crippen LogP contribution in [0, 0.1) is 17.5 Å². The lowest BCUT2D eigenvalue weighted by atomic mass is 10.1. The number of halogens is 3. The number of hydrogen-bond acceptors (Lipinski definition) is 0. The van der Waals surface area contributed by atoms with Crippen molar-refractivity contribution in [3.63, 3.8) is 0 Å². The maximum absolute atomic E-state index is 13.0. The molecule has 0 amide bonds. The van der Waals surface area contributed by atoms with Gasteiger partial charge in [-0.2, -0.15) is 0 Å². The molecule has 0 aliphatic carbocycles. The third-order valence-electron chi connectivity index (χ3n) is 1.58. The van der Waals surface area contributed by atoms with Crippen molar-refractivity contribution in [2.75, 3.05) is 0 Å². The van der Waals surface area contributed by atoms with E-state index in [2.05, 4.69) is 6.58 Å². The molecule has 0 fully saturated rings. The van der Waals surface area contributed by atoms with Crippen LogP contribution in [0.2, 0.25) is 0 Å². The standard InChI is InChI=1S/C10H9F3/c1-6(2)3-8-9(12)4-7(11)5-10(8)13/h4-5H,1,3H2,2H3. The highest BCUT2D eigenvalue weighted by Crippen LogP contribution is 2.17. The molecule has 0 N–H and O–H groups in total. The van der Waals surface area contributed by atoms with Gasteiger partial charge in [-0.1, -0.05) is 12.2 Å². The summed E-state index contributed by atoms with van der Waals surface area (Å²) < 4.78 is 38.3. The fraction of sp³-hybridized carbons (Fsp3) is 0.200. The SMILES string of the molecule is C=C(C)Cc1c(F)cc(F)cc1F. The number of benzene rings is 1. The number of hydrogen-bond donors (Lipinski definition) is 0. The second-order valence-electron chi connectivity index (χ2n) is 2.98. The van der Waals surface area contributed by atoms with E-state index in [4.69, 9.17) is 0 Å². The normalized spacial score (nSPS) is 10.2. The Balaban J connectivity index is 3.13. The molecule has 0 spiro atoms. The minimum Gasteiger partial charge on any atom is -0.207 e. The van der Waals surface area contributed by atoms with Gasteiger partial charge in [0.1, 0.15) is 17.5 Å². The maximum Gasteiger partial charge on any atom is 0.132 e. The van der Waals surface area contributed by atoms with E-state index in [1.807, 2.05) is 0 Å². The van der Waals surface area contributed by atoms with Crippen molar-refractivity contribution in [2.24, 2.45) is 0 Å². The van der Waals surface area contributed by atoms with Gasteiger partial charge >= 0.3 is 0 Å². The lowest BCUT2D eigenvalue weighted by Gasteiger charge is -2.04. The van der Waals surface area contributed by atoms with E-state index in [1.54, 1.807) is 6.92 Å². The molecule has 0 heterocycles. The summed E-state index contributed by atoms with van der Waals surface area (Å²) >= 11 is 0. The van der Waals surface area contributed by atoms with Crippen molar-refractivity contribution in [1.29, 1.82) is 0 Å². The van der Waals surface area contributed by atoms with Crippen LogP contribution in [-0.2, 0) is 6.42 Å². The molecule has 0 aliphatic rings. The molecule has 1 aromatic rings. The van der Waals surface area contributed by atoms with Crippen LogP contribution >= 0.6 is 0 Å². The summed E-state index contributed by atoms with van der Waals surface area (Å²) in [4.78, 5) is 0. The van der Waals surface area contributed by atoms with Crippen molar-refractivity contribution in [2.45, 2.75) is 13.3 Å². The van der Waals surface area contributed by atoms with Gasteiger partial charge in [-0.15, -0.1) is 0 Å². The summed E-state index contributed by atoms with van der Waals surface area (Å²) in [6, 6.07) is 1.34. The summed E-state index contributed by atoms with van der Waals surface area (Å²) in [5, 5.41) is 0. The summed E-state index contributed by atoms with van der Waals surface area (Å²) in [5.41, 5.74) is 0.498. The van der Waals surface area contributed by atoms with Crippen LogP contribution in [0.4, 0.5) is 13.2 Å². The Labute approximate surface area is 74.7 Å². The summed E-state index contributed by atoms with van der Waals surface area (Å²) in [7, 11) is 0. The molecule has 0 aliphatic heterocycles. The molecule has 0 saturated carbocycles. The van der Waals surface area contributed by atoms with Gasteiger partial charge < -0.3 is 0 Å². The van der Waals surface area contributed by atoms with Crippen molar-refractivity contribution in [1.82, 2.24) is 0 Å². The first-order valence-electron chi connectivity index (χ1n) is 3.78. The van der Waals surface area contributed by atoms with Crippen molar-refractivity contribution in [3.05, 3.63) is 47.3 Å². The van der Waals surface area contributed by atoms with Crippen molar-refractivity contribution >= 4 is 0 Å². The monoisotopic (exact) mass is 186 g/mol. The first-order chi connectivity index (χ1) is 6.00. The molecule has 70 valence electrons. The molecule has 0 bridgehead atoms. The fourth-order valence-electron chi connectivity index (χ4n) is 1.04. The summed E-state index contributed by atoms with van der Waals surface area (Å²) in [6.07, 6.45) is 0.0952. The average Bonchev–Trinajstić information content (AvgIpc) is 1.96. The minimum absolute atomic E-state index is 0.0952. The second kappa shape index (κ2) is 3.64. The smallest absolute Gasteiger partial charge is 0.132 e. The molecule has 13 heavy (non-hydrogen) atoms. The molecule has 0 unspecified atom stereocenters. The van der Waals surface area contributed by atoms with E-state index in [0.29, 0.717) is 17.7 Å². The molecule has 0 nitrogen and oxygen atoms in total. The van der Waals surface area contributed by atoms with Gasteiger partial charge in [0.15, 0.2) is 0 Å². The second-order valence-corrected chi connectivity index (χ2v) is 2.98. The zero-order valence-electron chi connectivity index (χ0n) is 7.20. The molecule has 0 atom stereocenters. The number of rotatable bonds is 2. The highest BCUT2D eigenvalue weighted by atomic mass is 19.1. The Kier molecular flexibility index (Phi) is 2.76. The van der Waals surface area contributed by atoms with E-state index < -0.39 is 17.5 Å². The molecule has 0 aromatic heterocycles. The van der Waals surface area contributed by atoms with E-state index >= 15 is 0 Å². The van der Waals surface area contributed by atoms with Crippen LogP contribution < -0.4 is 0 Å². The first kappa shape index (κ1) is 9.84. The van der Waals surface area contributed by atoms with Crippen LogP contribution in [0.1, 0.15) is 12.5 Å². The Bertz CT molecular complexity index is 319. The lowest BCUT2D eigenvalue weighted by Crippen LogP contribution is -1.97. The molecule has 0 radical (unpaired) electrons. The minimum atomic E-state index is -0.902. The van der Waals surface area contributed by atoms with E-state index in [-0.39, 0.29) is 12.0 Å². The van der Waals surface area contributed by atoms with Gasteiger partial charge in [0, 0.05) is 17.7 Å². The zero-order valence-corrected chi connectivity index (χ0v) is 7.20. The van der Waals surface area contributed by atoms with Gasteiger partial charge in [0.2, 0.25) is 0 Å². The Morgan fingerprint density at radius 3 is 2.08 bits per heavy atom. The Morgan fingerprint density at radius 1 is 1.23 bits per heavy atom. The largest absolute Gasteiger partial charge is 0.207 e. The lowest BCUT2D eigenvalue weighted by molar-refractivity contribution is 0.527. The first-order valence-corrected chi connectivity index (χ1v) is 3.78. The van der Waals surface area contributed by atoms with Crippen LogP contribution in [0.25, 0.3) is 0 Å². The van der Waals surface area contributed by atoms with Crippen molar-refractivity contribution < 1.29 is 13.2 Å². The van der Waals surface area contributed by atoms with Gasteiger partial charge in [-0.25, -0.2) is 13.2 Å². The van der Waals surface area contributed by atoms with Crippen LogP contribution in [0.5, 0.6) is 0 Å². The summed E-state index contributed by atoms with van der Waals surface area (Å²) in [5.74, 6) is -2.62. The molecular weight excluding hydrogens is 177 g/mol.